The Morgan fingerprint density at radius 3 is 2.68 bits per heavy atom. The zero-order chi connectivity index (χ0) is 16.3. The predicted molar refractivity (Wildman–Crippen MR) is 74.1 cm³/mol. The highest BCUT2D eigenvalue weighted by molar-refractivity contribution is 6.39. The van der Waals surface area contributed by atoms with E-state index in [4.69, 9.17) is 0 Å². The van der Waals surface area contributed by atoms with Gasteiger partial charge in [-0.2, -0.15) is 13.2 Å². The van der Waals surface area contributed by atoms with Gasteiger partial charge in [-0.25, -0.2) is 0 Å². The molecule has 0 radical (unpaired) electrons. The number of anilines is 1. The maximum absolute atomic E-state index is 12.2. The number of carbonyl (C=O) groups is 2. The van der Waals surface area contributed by atoms with Crippen LogP contribution in [-0.2, 0) is 9.59 Å². The second kappa shape index (κ2) is 6.00. The highest BCUT2D eigenvalue weighted by Crippen LogP contribution is 2.18. The maximum Gasteiger partial charge on any atom is 0.406 e. The van der Waals surface area contributed by atoms with E-state index in [1.54, 1.807) is 30.5 Å². The predicted octanol–water partition coefficient (Wildman–Crippen LogP) is 2.19. The summed E-state index contributed by atoms with van der Waals surface area (Å²) in [5, 5.41) is 3.01. The lowest BCUT2D eigenvalue weighted by atomic mass is 10.2. The van der Waals surface area contributed by atoms with Gasteiger partial charge in [0.1, 0.15) is 6.54 Å². The molecule has 2 amide bonds. The summed E-state index contributed by atoms with van der Waals surface area (Å²) in [6, 6.07) is 8.20. The molecule has 0 saturated carbocycles. The zero-order valence-corrected chi connectivity index (χ0v) is 11.5. The number of alkyl halides is 3. The molecule has 2 rings (SSSR count). The molecule has 0 aliphatic rings. The topological polar surface area (TPSA) is 62.3 Å². The Morgan fingerprint density at radius 1 is 1.27 bits per heavy atom. The number of pyridine rings is 1. The fourth-order valence-corrected chi connectivity index (χ4v) is 1.85. The van der Waals surface area contributed by atoms with Crippen LogP contribution >= 0.6 is 0 Å². The first-order valence-corrected chi connectivity index (χ1v) is 6.24. The largest absolute Gasteiger partial charge is 0.406 e. The third-order valence-corrected chi connectivity index (χ3v) is 2.82. The van der Waals surface area contributed by atoms with Crippen molar-refractivity contribution in [3.63, 3.8) is 0 Å². The minimum Gasteiger partial charge on any atom is -0.328 e. The number of hydrogen-bond acceptors (Lipinski definition) is 3. The van der Waals surface area contributed by atoms with Gasteiger partial charge in [-0.05, 0) is 24.3 Å². The average molecular weight is 311 g/mol. The Hall–Kier alpha value is -2.64. The number of carbonyl (C=O) groups excluding carboxylic acids is 2. The van der Waals surface area contributed by atoms with Crippen LogP contribution < -0.4 is 5.32 Å². The van der Waals surface area contributed by atoms with Gasteiger partial charge in [0.2, 0.25) is 0 Å². The Kier molecular flexibility index (Phi) is 4.30. The molecule has 2 aromatic rings. The molecule has 8 heteroatoms. The molecule has 0 bridgehead atoms. The number of fused-ring (bicyclic) bond motifs is 1. The van der Waals surface area contributed by atoms with Crippen molar-refractivity contribution < 1.29 is 22.8 Å². The monoisotopic (exact) mass is 311 g/mol. The quantitative estimate of drug-likeness (QED) is 0.865. The Labute approximate surface area is 123 Å². The van der Waals surface area contributed by atoms with Gasteiger partial charge in [0, 0.05) is 24.3 Å². The first kappa shape index (κ1) is 15.7. The summed E-state index contributed by atoms with van der Waals surface area (Å²) in [7, 11) is 0.916. The van der Waals surface area contributed by atoms with E-state index in [-0.39, 0.29) is 0 Å². The maximum atomic E-state index is 12.2. The van der Waals surface area contributed by atoms with Gasteiger partial charge in [0.25, 0.3) is 0 Å². The SMILES string of the molecule is CN(CC(F)(F)F)C(=O)C(=O)Nc1ccc2ncccc2c1. The summed E-state index contributed by atoms with van der Waals surface area (Å²) >= 11 is 0. The highest BCUT2D eigenvalue weighted by Gasteiger charge is 2.33. The van der Waals surface area contributed by atoms with Crippen LogP contribution in [0.25, 0.3) is 10.9 Å². The number of likely N-dealkylation sites (N-methyl/N-ethyl adjacent to an activating group) is 1. The van der Waals surface area contributed by atoms with E-state index < -0.39 is 24.5 Å². The minimum absolute atomic E-state index is 0.305. The van der Waals surface area contributed by atoms with Gasteiger partial charge in [0.05, 0.1) is 5.52 Å². The number of halogens is 3. The summed E-state index contributed by atoms with van der Waals surface area (Å²) in [5.74, 6) is -2.39. The number of benzene rings is 1. The van der Waals surface area contributed by atoms with Crippen molar-refractivity contribution in [2.24, 2.45) is 0 Å². The summed E-state index contributed by atoms with van der Waals surface area (Å²) < 4.78 is 36.6. The lowest BCUT2D eigenvalue weighted by molar-refractivity contribution is -0.161. The molecule has 0 fully saturated rings. The van der Waals surface area contributed by atoms with Gasteiger partial charge in [0.15, 0.2) is 0 Å². The van der Waals surface area contributed by atoms with Crippen LogP contribution in [0.3, 0.4) is 0 Å². The molecule has 0 unspecified atom stereocenters. The van der Waals surface area contributed by atoms with Crippen molar-refractivity contribution in [2.45, 2.75) is 6.18 Å². The molecule has 0 atom stereocenters. The Balaban J connectivity index is 2.08. The molecule has 0 aliphatic heterocycles. The lowest BCUT2D eigenvalue weighted by Crippen LogP contribution is -2.42. The van der Waals surface area contributed by atoms with E-state index in [1.807, 2.05) is 0 Å². The Morgan fingerprint density at radius 2 is 2.00 bits per heavy atom. The highest BCUT2D eigenvalue weighted by atomic mass is 19.4. The first-order chi connectivity index (χ1) is 10.3. The van der Waals surface area contributed by atoms with Gasteiger partial charge in [-0.15, -0.1) is 0 Å². The smallest absolute Gasteiger partial charge is 0.328 e. The molecule has 0 spiro atoms. The number of aromatic nitrogens is 1. The van der Waals surface area contributed by atoms with Crippen LogP contribution in [0.2, 0.25) is 0 Å². The van der Waals surface area contributed by atoms with Crippen molar-refractivity contribution in [2.75, 3.05) is 18.9 Å². The number of hydrogen-bond donors (Lipinski definition) is 1. The normalized spacial score (nSPS) is 11.3. The molecular formula is C14H12F3N3O2. The number of rotatable bonds is 2. The van der Waals surface area contributed by atoms with Crippen LogP contribution in [-0.4, -0.2) is 41.5 Å². The number of nitrogens with one attached hydrogen (secondary N) is 1. The lowest BCUT2D eigenvalue weighted by Gasteiger charge is -2.18. The second-order valence-electron chi connectivity index (χ2n) is 4.64. The van der Waals surface area contributed by atoms with Crippen molar-refractivity contribution >= 4 is 28.4 Å². The molecule has 116 valence electrons. The fraction of sp³-hybridized carbons (Fsp3) is 0.214. The van der Waals surface area contributed by atoms with E-state index in [0.717, 1.165) is 12.4 Å². The van der Waals surface area contributed by atoms with E-state index in [0.29, 0.717) is 16.1 Å². The molecular weight excluding hydrogens is 299 g/mol. The average Bonchev–Trinajstić information content (AvgIpc) is 2.44. The van der Waals surface area contributed by atoms with E-state index in [9.17, 15) is 22.8 Å². The zero-order valence-electron chi connectivity index (χ0n) is 11.5. The van der Waals surface area contributed by atoms with Crippen LogP contribution in [0, 0.1) is 0 Å². The van der Waals surface area contributed by atoms with Crippen molar-refractivity contribution in [1.82, 2.24) is 9.88 Å². The van der Waals surface area contributed by atoms with Crippen molar-refractivity contribution in [1.29, 1.82) is 0 Å². The first-order valence-electron chi connectivity index (χ1n) is 6.24. The Bertz CT molecular complexity index is 716. The number of amides is 2. The molecule has 22 heavy (non-hydrogen) atoms. The molecule has 1 aromatic carbocycles. The summed E-state index contributed by atoms with van der Waals surface area (Å²) in [6.07, 6.45) is -2.95. The van der Waals surface area contributed by atoms with Crippen LogP contribution in [0.15, 0.2) is 36.5 Å². The van der Waals surface area contributed by atoms with Crippen molar-refractivity contribution in [3.05, 3.63) is 36.5 Å². The van der Waals surface area contributed by atoms with Gasteiger partial charge >= 0.3 is 18.0 Å². The molecule has 1 N–H and O–H groups in total. The van der Waals surface area contributed by atoms with E-state index in [2.05, 4.69) is 10.3 Å². The van der Waals surface area contributed by atoms with Gasteiger partial charge < -0.3 is 10.2 Å². The molecule has 1 heterocycles. The van der Waals surface area contributed by atoms with Gasteiger partial charge in [-0.1, -0.05) is 6.07 Å². The van der Waals surface area contributed by atoms with Crippen LogP contribution in [0.5, 0.6) is 0 Å². The third-order valence-electron chi connectivity index (χ3n) is 2.82. The van der Waals surface area contributed by atoms with Gasteiger partial charge in [-0.3, -0.25) is 14.6 Å². The van der Waals surface area contributed by atoms with Crippen LogP contribution in [0.4, 0.5) is 18.9 Å². The van der Waals surface area contributed by atoms with E-state index >= 15 is 0 Å². The third kappa shape index (κ3) is 3.94. The molecule has 5 nitrogen and oxygen atoms in total. The van der Waals surface area contributed by atoms with Crippen LogP contribution in [0.1, 0.15) is 0 Å². The second-order valence-corrected chi connectivity index (χ2v) is 4.64. The minimum atomic E-state index is -4.56. The standard InChI is InChI=1S/C14H12F3N3O2/c1-20(8-14(15,16)17)13(22)12(21)19-10-4-5-11-9(7-10)3-2-6-18-11/h2-7H,8H2,1H3,(H,19,21). The molecule has 0 saturated heterocycles. The summed E-state index contributed by atoms with van der Waals surface area (Å²) in [4.78, 5) is 27.7. The summed E-state index contributed by atoms with van der Waals surface area (Å²) in [6.45, 7) is -1.49. The number of nitrogens with zero attached hydrogens (tertiary/aromatic N) is 2. The van der Waals surface area contributed by atoms with Crippen molar-refractivity contribution in [3.8, 4) is 0 Å². The molecule has 1 aromatic heterocycles. The fourth-order valence-electron chi connectivity index (χ4n) is 1.85. The van der Waals surface area contributed by atoms with E-state index in [1.165, 1.54) is 6.07 Å². The molecule has 0 aliphatic carbocycles. The summed E-state index contributed by atoms with van der Waals surface area (Å²) in [5.41, 5.74) is 1.00.